The van der Waals surface area contributed by atoms with E-state index in [0.717, 1.165) is 37.4 Å². The van der Waals surface area contributed by atoms with Crippen LogP contribution in [0.2, 0.25) is 0 Å². The number of hydrogen-bond donors (Lipinski definition) is 0. The molecule has 0 aromatic heterocycles. The van der Waals surface area contributed by atoms with Crippen molar-refractivity contribution in [2.75, 3.05) is 45.2 Å². The van der Waals surface area contributed by atoms with Crippen LogP contribution in [0.3, 0.4) is 0 Å². The van der Waals surface area contributed by atoms with Crippen LogP contribution in [0, 0.1) is 5.92 Å². The molecule has 1 saturated carbocycles. The highest BCUT2D eigenvalue weighted by atomic mass is 16.2. The lowest BCUT2D eigenvalue weighted by atomic mass is 9.94. The molecule has 4 rings (SSSR count). The zero-order valence-corrected chi connectivity index (χ0v) is 13.1. The molecular weight excluding hydrogens is 278 g/mol. The minimum Gasteiger partial charge on any atom is -0.340 e. The molecule has 1 saturated heterocycles. The van der Waals surface area contributed by atoms with Gasteiger partial charge in [0.1, 0.15) is 0 Å². The Morgan fingerprint density at radius 2 is 1.82 bits per heavy atom. The molecule has 2 heterocycles. The molecule has 3 aliphatic rings. The monoisotopic (exact) mass is 299 g/mol. The van der Waals surface area contributed by atoms with E-state index in [-0.39, 0.29) is 17.7 Å². The predicted octanol–water partition coefficient (Wildman–Crippen LogP) is 0.695. The van der Waals surface area contributed by atoms with Crippen molar-refractivity contribution in [2.24, 2.45) is 5.92 Å². The van der Waals surface area contributed by atoms with Crippen molar-refractivity contribution in [2.45, 2.75) is 11.8 Å². The van der Waals surface area contributed by atoms with Gasteiger partial charge in [-0.25, -0.2) is 0 Å². The standard InChI is InChI=1S/C17H21N3O2/c1-18-7-9-20(10-8-18)15(21)13-11-17(13)12-5-3-4-6-14(12)19(2)16(17)22/h3-6,13H,7-11H2,1-2H3/t13-,17-/m0/s1. The zero-order chi connectivity index (χ0) is 15.5. The number of fused-ring (bicyclic) bond motifs is 2. The van der Waals surface area contributed by atoms with E-state index in [1.165, 1.54) is 0 Å². The number of anilines is 1. The molecule has 2 amide bonds. The third-order valence-corrected chi connectivity index (χ3v) is 5.51. The summed E-state index contributed by atoms with van der Waals surface area (Å²) in [6.07, 6.45) is 0.665. The van der Waals surface area contributed by atoms with Crippen LogP contribution in [0.25, 0.3) is 0 Å². The van der Waals surface area contributed by atoms with Gasteiger partial charge in [-0.2, -0.15) is 0 Å². The van der Waals surface area contributed by atoms with Gasteiger partial charge >= 0.3 is 0 Å². The molecule has 2 fully saturated rings. The predicted molar refractivity (Wildman–Crippen MR) is 83.7 cm³/mol. The number of carbonyl (C=O) groups is 2. The number of para-hydroxylation sites is 1. The van der Waals surface area contributed by atoms with Crippen molar-refractivity contribution in [3.8, 4) is 0 Å². The second-order valence-electron chi connectivity index (χ2n) is 6.74. The summed E-state index contributed by atoms with van der Waals surface area (Å²) < 4.78 is 0. The molecule has 22 heavy (non-hydrogen) atoms. The summed E-state index contributed by atoms with van der Waals surface area (Å²) in [6, 6.07) is 7.88. The van der Waals surface area contributed by atoms with Crippen LogP contribution in [0.5, 0.6) is 0 Å². The lowest BCUT2D eigenvalue weighted by Crippen LogP contribution is -2.48. The van der Waals surface area contributed by atoms with Crippen molar-refractivity contribution in [3.63, 3.8) is 0 Å². The smallest absolute Gasteiger partial charge is 0.238 e. The average molecular weight is 299 g/mol. The molecule has 5 heteroatoms. The summed E-state index contributed by atoms with van der Waals surface area (Å²) in [5.41, 5.74) is 1.42. The summed E-state index contributed by atoms with van der Waals surface area (Å²) in [4.78, 5) is 31.5. The normalized spacial score (nSPS) is 30.8. The Morgan fingerprint density at radius 3 is 2.55 bits per heavy atom. The number of benzene rings is 1. The second kappa shape index (κ2) is 4.56. The van der Waals surface area contributed by atoms with Gasteiger partial charge in [0.25, 0.3) is 0 Å². The highest BCUT2D eigenvalue weighted by molar-refractivity contribution is 6.13. The number of amides is 2. The largest absolute Gasteiger partial charge is 0.340 e. The van der Waals surface area contributed by atoms with E-state index in [1.807, 2.05) is 36.2 Å². The summed E-state index contributed by atoms with van der Waals surface area (Å²) in [7, 11) is 3.89. The van der Waals surface area contributed by atoms with Gasteiger partial charge in [0, 0.05) is 38.9 Å². The molecule has 2 aliphatic heterocycles. The first-order valence-corrected chi connectivity index (χ1v) is 7.90. The molecule has 1 aromatic rings. The van der Waals surface area contributed by atoms with E-state index in [4.69, 9.17) is 0 Å². The van der Waals surface area contributed by atoms with Gasteiger partial charge in [-0.3, -0.25) is 9.59 Å². The van der Waals surface area contributed by atoms with Crippen molar-refractivity contribution in [3.05, 3.63) is 29.8 Å². The van der Waals surface area contributed by atoms with Crippen LogP contribution in [-0.4, -0.2) is 61.9 Å². The topological polar surface area (TPSA) is 43.9 Å². The third-order valence-electron chi connectivity index (χ3n) is 5.51. The van der Waals surface area contributed by atoms with Crippen LogP contribution in [0.15, 0.2) is 24.3 Å². The Balaban J connectivity index is 1.60. The maximum Gasteiger partial charge on any atom is 0.238 e. The summed E-state index contributed by atoms with van der Waals surface area (Å²) >= 11 is 0. The summed E-state index contributed by atoms with van der Waals surface area (Å²) in [5.74, 6) is 0.0715. The number of rotatable bonds is 1. The number of piperazine rings is 1. The number of carbonyl (C=O) groups excluding carboxylic acids is 2. The first kappa shape index (κ1) is 13.8. The molecular formula is C17H21N3O2. The molecule has 116 valence electrons. The molecule has 5 nitrogen and oxygen atoms in total. The molecule has 1 aromatic carbocycles. The minimum atomic E-state index is -0.578. The van der Waals surface area contributed by atoms with Gasteiger partial charge in [-0.15, -0.1) is 0 Å². The fourth-order valence-corrected chi connectivity index (χ4v) is 4.01. The minimum absolute atomic E-state index is 0.0844. The van der Waals surface area contributed by atoms with Crippen molar-refractivity contribution in [1.82, 2.24) is 9.80 Å². The van der Waals surface area contributed by atoms with E-state index in [2.05, 4.69) is 11.9 Å². The van der Waals surface area contributed by atoms with E-state index < -0.39 is 5.41 Å². The van der Waals surface area contributed by atoms with Gasteiger partial charge in [-0.05, 0) is 25.1 Å². The fraction of sp³-hybridized carbons (Fsp3) is 0.529. The molecule has 0 unspecified atom stereocenters. The maximum absolute atomic E-state index is 12.8. The lowest BCUT2D eigenvalue weighted by Gasteiger charge is -2.33. The van der Waals surface area contributed by atoms with Crippen molar-refractivity contribution in [1.29, 1.82) is 0 Å². The summed E-state index contributed by atoms with van der Waals surface area (Å²) in [6.45, 7) is 3.37. The quantitative estimate of drug-likeness (QED) is 0.766. The molecule has 1 aliphatic carbocycles. The van der Waals surface area contributed by atoms with Crippen LogP contribution in [0.4, 0.5) is 5.69 Å². The highest BCUT2D eigenvalue weighted by Gasteiger charge is 2.69. The van der Waals surface area contributed by atoms with E-state index in [9.17, 15) is 9.59 Å². The van der Waals surface area contributed by atoms with Crippen molar-refractivity contribution < 1.29 is 9.59 Å². The summed E-state index contributed by atoms with van der Waals surface area (Å²) in [5, 5.41) is 0. The fourth-order valence-electron chi connectivity index (χ4n) is 4.01. The van der Waals surface area contributed by atoms with Crippen LogP contribution < -0.4 is 4.90 Å². The SMILES string of the molecule is CN1CCN(C(=O)[C@@H]2C[C@@]23C(=O)N(C)c2ccccc23)CC1. The number of nitrogens with zero attached hydrogens (tertiary/aromatic N) is 3. The first-order valence-electron chi connectivity index (χ1n) is 7.90. The Bertz CT molecular complexity index is 651. The maximum atomic E-state index is 12.8. The molecule has 2 atom stereocenters. The number of hydrogen-bond acceptors (Lipinski definition) is 3. The third kappa shape index (κ3) is 1.69. The second-order valence-corrected chi connectivity index (χ2v) is 6.74. The van der Waals surface area contributed by atoms with Gasteiger partial charge in [0.05, 0.1) is 11.3 Å². The van der Waals surface area contributed by atoms with E-state index >= 15 is 0 Å². The Labute approximate surface area is 130 Å². The van der Waals surface area contributed by atoms with Crippen LogP contribution in [0.1, 0.15) is 12.0 Å². The molecule has 0 radical (unpaired) electrons. The van der Waals surface area contributed by atoms with Crippen LogP contribution >= 0.6 is 0 Å². The van der Waals surface area contributed by atoms with E-state index in [1.54, 1.807) is 4.90 Å². The Kier molecular flexibility index (Phi) is 2.85. The first-order chi connectivity index (χ1) is 10.6. The Morgan fingerprint density at radius 1 is 1.14 bits per heavy atom. The highest BCUT2D eigenvalue weighted by Crippen LogP contribution is 2.61. The average Bonchev–Trinajstić information content (AvgIpc) is 3.26. The Hall–Kier alpha value is -1.88. The van der Waals surface area contributed by atoms with Crippen molar-refractivity contribution >= 4 is 17.5 Å². The zero-order valence-electron chi connectivity index (χ0n) is 13.1. The molecule has 0 bridgehead atoms. The van der Waals surface area contributed by atoms with Gasteiger partial charge in [-0.1, -0.05) is 18.2 Å². The molecule has 1 spiro atoms. The number of likely N-dealkylation sites (N-methyl/N-ethyl adjacent to an activating group) is 2. The van der Waals surface area contributed by atoms with E-state index in [0.29, 0.717) is 6.42 Å². The van der Waals surface area contributed by atoms with Gasteiger partial charge in [0.15, 0.2) is 0 Å². The molecule has 0 N–H and O–H groups in total. The van der Waals surface area contributed by atoms with Gasteiger partial charge in [0.2, 0.25) is 11.8 Å². The van der Waals surface area contributed by atoms with Crippen LogP contribution in [-0.2, 0) is 15.0 Å². The lowest BCUT2D eigenvalue weighted by molar-refractivity contribution is -0.136. The van der Waals surface area contributed by atoms with Gasteiger partial charge < -0.3 is 14.7 Å².